The molecule has 158 valence electrons. The largest absolute Gasteiger partial charge is 0.461 e. The number of cyclic esters (lactones) is 1. The zero-order valence-corrected chi connectivity index (χ0v) is 17.6. The lowest BCUT2D eigenvalue weighted by Gasteiger charge is -2.23. The van der Waals surface area contributed by atoms with E-state index in [0.717, 1.165) is 25.7 Å². The molecule has 1 unspecified atom stereocenters. The van der Waals surface area contributed by atoms with Crippen molar-refractivity contribution in [1.82, 2.24) is 10.2 Å². The molecule has 0 aliphatic carbocycles. The van der Waals surface area contributed by atoms with Crippen LogP contribution in [0.3, 0.4) is 0 Å². The number of allylic oxidation sites excluding steroid dienone is 2. The van der Waals surface area contributed by atoms with E-state index in [1.165, 1.54) is 4.90 Å². The fourth-order valence-electron chi connectivity index (χ4n) is 2.50. The van der Waals surface area contributed by atoms with Crippen LogP contribution in [-0.4, -0.2) is 54.1 Å². The number of nitrogens with one attached hydrogen (secondary N) is 1. The van der Waals surface area contributed by atoms with E-state index < -0.39 is 17.7 Å². The number of carbonyl (C=O) groups is 3. The summed E-state index contributed by atoms with van der Waals surface area (Å²) in [5, 5.41) is 2.60. The summed E-state index contributed by atoms with van der Waals surface area (Å²) in [6.07, 6.45) is 7.10. The summed E-state index contributed by atoms with van der Waals surface area (Å²) in [5.74, 6) is -0.758. The Kier molecular flexibility index (Phi) is 9.68. The molecule has 1 aliphatic heterocycles. The molecule has 0 spiro atoms. The van der Waals surface area contributed by atoms with Crippen LogP contribution in [0.15, 0.2) is 17.1 Å². The molecule has 8 heteroatoms. The maximum Gasteiger partial charge on any atom is 0.437 e. The summed E-state index contributed by atoms with van der Waals surface area (Å²) in [6, 6.07) is 0. The van der Waals surface area contributed by atoms with Crippen LogP contribution < -0.4 is 5.32 Å². The van der Waals surface area contributed by atoms with Crippen LogP contribution in [-0.2, 0) is 19.1 Å². The first-order valence-electron chi connectivity index (χ1n) is 9.78. The minimum Gasteiger partial charge on any atom is -0.461 e. The maximum atomic E-state index is 12.3. The minimum absolute atomic E-state index is 0.0327. The third kappa shape index (κ3) is 10.1. The van der Waals surface area contributed by atoms with Gasteiger partial charge in [-0.1, -0.05) is 19.1 Å². The third-order valence-electron chi connectivity index (χ3n) is 3.92. The van der Waals surface area contributed by atoms with Crippen molar-refractivity contribution in [1.29, 1.82) is 0 Å². The van der Waals surface area contributed by atoms with Crippen LogP contribution >= 0.6 is 0 Å². The average molecular weight is 396 g/mol. The molecule has 0 bridgehead atoms. The number of hydrogen-bond acceptors (Lipinski definition) is 5. The lowest BCUT2D eigenvalue weighted by molar-refractivity contribution is -0.149. The number of aliphatic imine (C=N–C) groups is 1. The summed E-state index contributed by atoms with van der Waals surface area (Å²) in [4.78, 5) is 41.8. The van der Waals surface area contributed by atoms with Crippen LogP contribution in [0.2, 0.25) is 0 Å². The Morgan fingerprint density at radius 3 is 2.64 bits per heavy atom. The summed E-state index contributed by atoms with van der Waals surface area (Å²) in [7, 11) is 1.56. The minimum atomic E-state index is -0.838. The first kappa shape index (κ1) is 23.7. The highest BCUT2D eigenvalue weighted by Crippen LogP contribution is 2.11. The van der Waals surface area contributed by atoms with Crippen molar-refractivity contribution in [3.63, 3.8) is 0 Å². The van der Waals surface area contributed by atoms with Crippen molar-refractivity contribution in [2.45, 2.75) is 77.9 Å². The number of hydrogen-bond donors (Lipinski definition) is 1. The topological polar surface area (TPSA) is 97.3 Å². The van der Waals surface area contributed by atoms with E-state index in [-0.39, 0.29) is 30.9 Å². The number of rotatable bonds is 1. The van der Waals surface area contributed by atoms with Crippen molar-refractivity contribution in [2.24, 2.45) is 4.99 Å². The number of esters is 1. The van der Waals surface area contributed by atoms with Crippen molar-refractivity contribution >= 4 is 23.9 Å². The Morgan fingerprint density at radius 2 is 2.00 bits per heavy atom. The van der Waals surface area contributed by atoms with Gasteiger partial charge in [0.15, 0.2) is 0 Å². The van der Waals surface area contributed by atoms with Crippen LogP contribution in [0.4, 0.5) is 4.79 Å². The molecule has 1 rings (SSSR count). The average Bonchev–Trinajstić information content (AvgIpc) is 2.57. The molecular formula is C20H33N3O5. The molecule has 1 aliphatic rings. The zero-order valence-electron chi connectivity index (χ0n) is 17.6. The first-order valence-corrected chi connectivity index (χ1v) is 9.78. The molecular weight excluding hydrogens is 362 g/mol. The second-order valence-corrected chi connectivity index (χ2v) is 7.78. The Hall–Kier alpha value is -2.38. The van der Waals surface area contributed by atoms with Crippen LogP contribution in [0.25, 0.3) is 0 Å². The maximum absolute atomic E-state index is 12.3. The third-order valence-corrected chi connectivity index (χ3v) is 3.92. The van der Waals surface area contributed by atoms with E-state index in [9.17, 15) is 14.4 Å². The van der Waals surface area contributed by atoms with Gasteiger partial charge in [0.05, 0.1) is 0 Å². The lowest BCUT2D eigenvalue weighted by atomic mass is 10.1. The number of carbonyl (C=O) groups excluding carboxylic acids is 3. The fraction of sp³-hybridized carbons (Fsp3) is 0.700. The molecule has 0 aromatic heterocycles. The Balaban J connectivity index is 2.98. The second-order valence-electron chi connectivity index (χ2n) is 7.78. The quantitative estimate of drug-likeness (QED) is 0.541. The molecule has 0 radical (unpaired) electrons. The lowest BCUT2D eigenvalue weighted by Crippen LogP contribution is -2.45. The molecule has 1 N–H and O–H groups in total. The van der Waals surface area contributed by atoms with Crippen molar-refractivity contribution in [2.75, 3.05) is 13.6 Å². The summed E-state index contributed by atoms with van der Waals surface area (Å²) in [5.41, 5.74) is -0.719. The van der Waals surface area contributed by atoms with Gasteiger partial charge >= 0.3 is 12.1 Å². The molecule has 0 fully saturated rings. The van der Waals surface area contributed by atoms with Gasteiger partial charge in [-0.05, 0) is 52.9 Å². The molecule has 0 saturated carbocycles. The van der Waals surface area contributed by atoms with Gasteiger partial charge in [0, 0.05) is 13.5 Å². The second kappa shape index (κ2) is 11.5. The van der Waals surface area contributed by atoms with Gasteiger partial charge in [-0.15, -0.1) is 4.99 Å². The van der Waals surface area contributed by atoms with Gasteiger partial charge < -0.3 is 14.4 Å². The highest BCUT2D eigenvalue weighted by atomic mass is 16.6. The van der Waals surface area contributed by atoms with E-state index in [0.29, 0.717) is 6.42 Å². The summed E-state index contributed by atoms with van der Waals surface area (Å²) < 4.78 is 10.7. The molecule has 1 heterocycles. The van der Waals surface area contributed by atoms with E-state index in [1.807, 2.05) is 13.0 Å². The van der Waals surface area contributed by atoms with E-state index in [2.05, 4.69) is 16.4 Å². The summed E-state index contributed by atoms with van der Waals surface area (Å²) >= 11 is 0. The molecule has 0 aromatic carbocycles. The first-order chi connectivity index (χ1) is 13.1. The summed E-state index contributed by atoms with van der Waals surface area (Å²) in [6.45, 7) is 6.99. The molecule has 1 atom stereocenters. The molecule has 2 amide bonds. The standard InChI is InChI=1S/C20H33N3O5/c1-6-15-12-10-8-7-9-11-13-16(24)21-18(23(5)14-17(25)27-15)22-19(26)28-20(2,3)4/h7-8,15H,6,9-14H2,1-5H3,(H,21,22,24,26)/b8-7+. The number of guanidine groups is 1. The monoisotopic (exact) mass is 395 g/mol. The van der Waals surface area contributed by atoms with E-state index >= 15 is 0 Å². The van der Waals surface area contributed by atoms with Crippen molar-refractivity contribution in [3.05, 3.63) is 12.2 Å². The van der Waals surface area contributed by atoms with E-state index in [1.54, 1.807) is 27.8 Å². The normalized spacial score (nSPS) is 23.2. The van der Waals surface area contributed by atoms with Crippen molar-refractivity contribution < 1.29 is 23.9 Å². The number of likely N-dealkylation sites (N-methyl/N-ethyl adjacent to an activating group) is 1. The molecule has 8 nitrogen and oxygen atoms in total. The van der Waals surface area contributed by atoms with Crippen LogP contribution in [0, 0.1) is 0 Å². The van der Waals surface area contributed by atoms with Crippen LogP contribution in [0.1, 0.15) is 66.2 Å². The van der Waals surface area contributed by atoms with Gasteiger partial charge in [0.25, 0.3) is 0 Å². The number of amides is 2. The Bertz CT molecular complexity index is 607. The molecule has 0 saturated heterocycles. The van der Waals surface area contributed by atoms with Gasteiger partial charge in [0.2, 0.25) is 11.9 Å². The molecule has 28 heavy (non-hydrogen) atoms. The van der Waals surface area contributed by atoms with Gasteiger partial charge in [0.1, 0.15) is 18.2 Å². The highest BCUT2D eigenvalue weighted by Gasteiger charge is 2.21. The Morgan fingerprint density at radius 1 is 1.32 bits per heavy atom. The van der Waals surface area contributed by atoms with Gasteiger partial charge in [-0.3, -0.25) is 14.9 Å². The Labute approximate surface area is 167 Å². The SMILES string of the molecule is CCC1CC/C=C/CCCC(=O)NC(=NC(=O)OC(C)(C)C)N(C)CC(=O)O1. The van der Waals surface area contributed by atoms with E-state index in [4.69, 9.17) is 9.47 Å². The highest BCUT2D eigenvalue weighted by molar-refractivity contribution is 6.01. The van der Waals surface area contributed by atoms with Gasteiger partial charge in [-0.25, -0.2) is 4.79 Å². The fourth-order valence-corrected chi connectivity index (χ4v) is 2.50. The zero-order chi connectivity index (χ0) is 21.2. The predicted molar refractivity (Wildman–Crippen MR) is 107 cm³/mol. The van der Waals surface area contributed by atoms with Crippen molar-refractivity contribution in [3.8, 4) is 0 Å². The number of ether oxygens (including phenoxy) is 2. The number of nitrogens with zero attached hydrogens (tertiary/aromatic N) is 2. The van der Waals surface area contributed by atoms with Crippen LogP contribution in [0.5, 0.6) is 0 Å². The smallest absolute Gasteiger partial charge is 0.437 e. The van der Waals surface area contributed by atoms with Gasteiger partial charge in [-0.2, -0.15) is 0 Å². The molecule has 0 aromatic rings. The predicted octanol–water partition coefficient (Wildman–Crippen LogP) is 3.17.